The van der Waals surface area contributed by atoms with Crippen LogP contribution in [0.25, 0.3) is 6.08 Å². The van der Waals surface area contributed by atoms with E-state index in [1.54, 1.807) is 13.8 Å². The van der Waals surface area contributed by atoms with Crippen LogP contribution in [0.3, 0.4) is 0 Å². The zero-order valence-corrected chi connectivity index (χ0v) is 10.9. The molecular formula is C12H14O5S. The topological polar surface area (TPSA) is 91.7 Å². The molecule has 0 spiro atoms. The molecule has 0 saturated heterocycles. The maximum absolute atomic E-state index is 11.2. The van der Waals surface area contributed by atoms with Crippen LogP contribution in [0.5, 0.6) is 0 Å². The Morgan fingerprint density at radius 2 is 2.00 bits per heavy atom. The average molecular weight is 270 g/mol. The quantitative estimate of drug-likeness (QED) is 0.646. The van der Waals surface area contributed by atoms with Crippen LogP contribution < -0.4 is 0 Å². The minimum absolute atomic E-state index is 0.0745. The van der Waals surface area contributed by atoms with Gasteiger partial charge < -0.3 is 5.11 Å². The molecule has 98 valence electrons. The van der Waals surface area contributed by atoms with E-state index in [9.17, 15) is 13.2 Å². The number of carboxylic acids is 1. The molecular weight excluding hydrogens is 256 g/mol. The van der Waals surface area contributed by atoms with E-state index in [0.29, 0.717) is 0 Å². The predicted octanol–water partition coefficient (Wildman–Crippen LogP) is 2.12. The van der Waals surface area contributed by atoms with Gasteiger partial charge in [0.25, 0.3) is 10.1 Å². The van der Waals surface area contributed by atoms with Crippen LogP contribution in [0.4, 0.5) is 0 Å². The number of carboxylic acid groups (broad SMARTS) is 1. The Morgan fingerprint density at radius 1 is 1.39 bits per heavy atom. The van der Waals surface area contributed by atoms with E-state index >= 15 is 0 Å². The number of hydrogen-bond acceptors (Lipinski definition) is 3. The summed E-state index contributed by atoms with van der Waals surface area (Å²) >= 11 is 0. The highest BCUT2D eigenvalue weighted by Crippen LogP contribution is 2.21. The van der Waals surface area contributed by atoms with E-state index in [4.69, 9.17) is 9.66 Å². The third-order valence-electron chi connectivity index (χ3n) is 2.43. The number of aryl methyl sites for hydroxylation is 1. The molecule has 0 atom stereocenters. The summed E-state index contributed by atoms with van der Waals surface area (Å²) in [6.45, 7) is 3.40. The minimum atomic E-state index is -4.37. The number of hydrogen-bond donors (Lipinski definition) is 2. The average Bonchev–Trinajstić information content (AvgIpc) is 2.23. The van der Waals surface area contributed by atoms with Gasteiger partial charge in [-0.3, -0.25) is 4.55 Å². The van der Waals surface area contributed by atoms with Gasteiger partial charge in [-0.25, -0.2) is 4.79 Å². The van der Waals surface area contributed by atoms with E-state index in [-0.39, 0.29) is 22.5 Å². The molecule has 0 aromatic heterocycles. The Balaban J connectivity index is 3.48. The van der Waals surface area contributed by atoms with Crippen molar-refractivity contribution >= 4 is 22.2 Å². The lowest BCUT2D eigenvalue weighted by Gasteiger charge is -2.06. The Hall–Kier alpha value is -1.66. The van der Waals surface area contributed by atoms with Crippen LogP contribution in [-0.2, 0) is 14.9 Å². The van der Waals surface area contributed by atoms with Crippen LogP contribution in [-0.4, -0.2) is 24.0 Å². The first kappa shape index (κ1) is 14.4. The van der Waals surface area contributed by atoms with Gasteiger partial charge in [-0.1, -0.05) is 24.6 Å². The van der Waals surface area contributed by atoms with E-state index in [1.165, 1.54) is 24.3 Å². The van der Waals surface area contributed by atoms with E-state index in [0.717, 1.165) is 5.56 Å². The van der Waals surface area contributed by atoms with Crippen molar-refractivity contribution in [3.63, 3.8) is 0 Å². The van der Waals surface area contributed by atoms with Gasteiger partial charge >= 0.3 is 5.97 Å². The second-order valence-electron chi connectivity index (χ2n) is 3.84. The fourth-order valence-corrected chi connectivity index (χ4v) is 2.17. The van der Waals surface area contributed by atoms with Crippen LogP contribution in [0.2, 0.25) is 0 Å². The molecule has 0 saturated carbocycles. The van der Waals surface area contributed by atoms with E-state index in [1.807, 2.05) is 0 Å². The summed E-state index contributed by atoms with van der Waals surface area (Å²) in [6.07, 6.45) is 1.52. The highest BCUT2D eigenvalue weighted by molar-refractivity contribution is 7.85. The molecule has 18 heavy (non-hydrogen) atoms. The van der Waals surface area contributed by atoms with Crippen molar-refractivity contribution in [3.05, 3.63) is 34.9 Å². The van der Waals surface area contributed by atoms with Crippen molar-refractivity contribution in [2.45, 2.75) is 25.2 Å². The van der Waals surface area contributed by atoms with E-state index in [2.05, 4.69) is 0 Å². The first-order valence-corrected chi connectivity index (χ1v) is 6.71. The van der Waals surface area contributed by atoms with Gasteiger partial charge in [0.2, 0.25) is 0 Å². The zero-order valence-electron chi connectivity index (χ0n) is 10.0. The number of aliphatic carboxylic acids is 1. The Bertz CT molecular complexity index is 599. The summed E-state index contributed by atoms with van der Waals surface area (Å²) in [5, 5.41) is 8.92. The van der Waals surface area contributed by atoms with Gasteiger partial charge in [-0.2, -0.15) is 8.42 Å². The van der Waals surface area contributed by atoms with Crippen LogP contribution in [0.15, 0.2) is 28.7 Å². The third kappa shape index (κ3) is 3.41. The molecule has 1 aromatic rings. The number of carbonyl (C=O) groups is 1. The summed E-state index contributed by atoms with van der Waals surface area (Å²) in [7, 11) is -4.37. The molecule has 1 rings (SSSR count). The normalized spacial score (nSPS) is 12.5. The van der Waals surface area contributed by atoms with Crippen LogP contribution >= 0.6 is 0 Å². The van der Waals surface area contributed by atoms with Gasteiger partial charge in [-0.05, 0) is 31.1 Å². The fourth-order valence-electron chi connectivity index (χ4n) is 1.52. The monoisotopic (exact) mass is 270 g/mol. The lowest BCUT2D eigenvalue weighted by molar-refractivity contribution is -0.132. The maximum atomic E-state index is 11.2. The largest absolute Gasteiger partial charge is 0.478 e. The lowest BCUT2D eigenvalue weighted by Crippen LogP contribution is -2.03. The molecule has 0 bridgehead atoms. The third-order valence-corrected chi connectivity index (χ3v) is 3.36. The molecule has 0 fully saturated rings. The highest BCUT2D eigenvalue weighted by Gasteiger charge is 2.15. The molecule has 0 heterocycles. The van der Waals surface area contributed by atoms with Crippen LogP contribution in [0, 0.1) is 6.92 Å². The lowest BCUT2D eigenvalue weighted by atomic mass is 10.1. The number of rotatable bonds is 4. The maximum Gasteiger partial charge on any atom is 0.331 e. The van der Waals surface area contributed by atoms with Gasteiger partial charge in [0.05, 0.1) is 0 Å². The van der Waals surface area contributed by atoms with Crippen molar-refractivity contribution in [2.75, 3.05) is 0 Å². The Morgan fingerprint density at radius 3 is 2.44 bits per heavy atom. The highest BCUT2D eigenvalue weighted by atomic mass is 32.2. The van der Waals surface area contributed by atoms with Crippen molar-refractivity contribution in [2.24, 2.45) is 0 Å². The van der Waals surface area contributed by atoms with Crippen molar-refractivity contribution in [3.8, 4) is 0 Å². The molecule has 0 aliphatic rings. The molecule has 2 N–H and O–H groups in total. The fraction of sp³-hybridized carbons (Fsp3) is 0.250. The van der Waals surface area contributed by atoms with Crippen molar-refractivity contribution < 1.29 is 22.9 Å². The summed E-state index contributed by atoms with van der Waals surface area (Å²) in [4.78, 5) is 10.6. The van der Waals surface area contributed by atoms with Crippen molar-refractivity contribution in [1.82, 2.24) is 0 Å². The van der Waals surface area contributed by atoms with Gasteiger partial charge in [-0.15, -0.1) is 0 Å². The second kappa shape index (κ2) is 5.32. The Kier molecular flexibility index (Phi) is 4.26. The second-order valence-corrected chi connectivity index (χ2v) is 5.23. The molecule has 0 aliphatic carbocycles. The Labute approximate surface area is 106 Å². The molecule has 6 heteroatoms. The molecule has 0 aliphatic heterocycles. The summed E-state index contributed by atoms with van der Waals surface area (Å²) in [5.74, 6) is -1.11. The first-order chi connectivity index (χ1) is 8.25. The van der Waals surface area contributed by atoms with Crippen LogP contribution in [0.1, 0.15) is 24.5 Å². The standard InChI is InChI=1S/C12H14O5S/c1-3-9(12(13)14)7-10-6-8(2)4-5-11(10)18(15,16)17/h4-7H,3H2,1-2H3,(H,13,14)(H,15,16,17). The summed E-state index contributed by atoms with van der Waals surface area (Å²) in [5.41, 5.74) is 1.02. The zero-order chi connectivity index (χ0) is 13.9. The van der Waals surface area contributed by atoms with Crippen molar-refractivity contribution in [1.29, 1.82) is 0 Å². The first-order valence-electron chi connectivity index (χ1n) is 5.27. The van der Waals surface area contributed by atoms with Gasteiger partial charge in [0, 0.05) is 5.57 Å². The van der Waals surface area contributed by atoms with Gasteiger partial charge in [0.1, 0.15) is 4.90 Å². The summed E-state index contributed by atoms with van der Waals surface area (Å²) in [6, 6.07) is 4.31. The van der Waals surface area contributed by atoms with E-state index < -0.39 is 16.1 Å². The molecule has 0 unspecified atom stereocenters. The van der Waals surface area contributed by atoms with Gasteiger partial charge in [0.15, 0.2) is 0 Å². The number of benzene rings is 1. The molecule has 1 aromatic carbocycles. The SMILES string of the molecule is CCC(=Cc1cc(C)ccc1S(=O)(=O)O)C(=O)O. The molecule has 5 nitrogen and oxygen atoms in total. The molecule has 0 radical (unpaired) electrons. The smallest absolute Gasteiger partial charge is 0.331 e. The predicted molar refractivity (Wildman–Crippen MR) is 66.9 cm³/mol. The summed E-state index contributed by atoms with van der Waals surface area (Å²) < 4.78 is 31.4. The molecule has 0 amide bonds. The minimum Gasteiger partial charge on any atom is -0.478 e.